The maximum Gasteiger partial charge on any atom is 0.297 e. The number of benzene rings is 1. The van der Waals surface area contributed by atoms with Crippen molar-refractivity contribution in [3.05, 3.63) is 29.3 Å². The van der Waals surface area contributed by atoms with Crippen molar-refractivity contribution >= 4 is 20.0 Å². The molecule has 20 heavy (non-hydrogen) atoms. The summed E-state index contributed by atoms with van der Waals surface area (Å²) in [6, 6.07) is 5.02. The third kappa shape index (κ3) is 3.59. The van der Waals surface area contributed by atoms with Gasteiger partial charge in [0, 0.05) is 0 Å². The molecule has 0 radical (unpaired) electrons. The predicted octanol–water partition coefficient (Wildman–Crippen LogP) is 1.59. The van der Waals surface area contributed by atoms with Gasteiger partial charge < -0.3 is 0 Å². The summed E-state index contributed by atoms with van der Waals surface area (Å²) in [6.45, 7) is 3.60. The Morgan fingerprint density at radius 1 is 1.15 bits per heavy atom. The second-order valence-electron chi connectivity index (χ2n) is 5.17. The number of aryl methyl sites for hydroxylation is 2. The summed E-state index contributed by atoms with van der Waals surface area (Å²) in [5.41, 5.74) is 1.61. The van der Waals surface area contributed by atoms with E-state index >= 15 is 0 Å². The van der Waals surface area contributed by atoms with Crippen LogP contribution in [0.2, 0.25) is 0 Å². The third-order valence-electron chi connectivity index (χ3n) is 3.36. The van der Waals surface area contributed by atoms with Crippen LogP contribution in [-0.4, -0.2) is 34.4 Å². The average Bonchev–Trinajstić information content (AvgIpc) is 2.31. The first kappa shape index (κ1) is 15.5. The topological polar surface area (TPSA) is 77.5 Å². The highest BCUT2D eigenvalue weighted by atomic mass is 32.2. The zero-order chi connectivity index (χ0) is 15.0. The van der Waals surface area contributed by atoms with Crippen LogP contribution < -0.4 is 0 Å². The monoisotopic (exact) mass is 318 g/mol. The van der Waals surface area contributed by atoms with Gasteiger partial charge in [0.25, 0.3) is 10.1 Å². The second-order valence-corrected chi connectivity index (χ2v) is 9.01. The first-order valence-electron chi connectivity index (χ1n) is 6.41. The maximum atomic E-state index is 12.2. The molecule has 5 nitrogen and oxygen atoms in total. The largest absolute Gasteiger partial charge is 0.297 e. The van der Waals surface area contributed by atoms with E-state index in [1.54, 1.807) is 19.1 Å². The lowest BCUT2D eigenvalue weighted by atomic mass is 10.2. The number of hydrogen-bond donors (Lipinski definition) is 0. The van der Waals surface area contributed by atoms with Gasteiger partial charge in [-0.15, -0.1) is 0 Å². The Hall–Kier alpha value is -0.920. The standard InChI is InChI=1S/C13H18O5S2/c1-10-3-4-13(11(2)9-10)20(16,17)18-12-5-7-19(14,15)8-6-12/h3-4,9,12H,5-8H2,1-2H3. The molecule has 2 rings (SSSR count). The molecule has 1 aromatic carbocycles. The molecule has 0 amide bonds. The van der Waals surface area contributed by atoms with E-state index in [1.165, 1.54) is 6.07 Å². The van der Waals surface area contributed by atoms with Crippen LogP contribution in [0.4, 0.5) is 0 Å². The lowest BCUT2D eigenvalue weighted by Crippen LogP contribution is -2.30. The normalized spacial score (nSPS) is 19.9. The average molecular weight is 318 g/mol. The lowest BCUT2D eigenvalue weighted by Gasteiger charge is -2.22. The van der Waals surface area contributed by atoms with Crippen LogP contribution in [0.15, 0.2) is 23.1 Å². The minimum atomic E-state index is -3.84. The highest BCUT2D eigenvalue weighted by Crippen LogP contribution is 2.24. The van der Waals surface area contributed by atoms with Crippen LogP contribution in [0.25, 0.3) is 0 Å². The van der Waals surface area contributed by atoms with Crippen LogP contribution in [-0.2, 0) is 24.1 Å². The highest BCUT2D eigenvalue weighted by molar-refractivity contribution is 7.91. The zero-order valence-electron chi connectivity index (χ0n) is 11.5. The van der Waals surface area contributed by atoms with Crippen molar-refractivity contribution in [2.24, 2.45) is 0 Å². The van der Waals surface area contributed by atoms with Gasteiger partial charge in [0.2, 0.25) is 0 Å². The molecule has 1 saturated heterocycles. The van der Waals surface area contributed by atoms with Crippen LogP contribution in [0.1, 0.15) is 24.0 Å². The number of rotatable bonds is 3. The summed E-state index contributed by atoms with van der Waals surface area (Å²) >= 11 is 0. The zero-order valence-corrected chi connectivity index (χ0v) is 13.1. The molecule has 0 aliphatic carbocycles. The summed E-state index contributed by atoms with van der Waals surface area (Å²) in [5.74, 6) is -0.0276. The van der Waals surface area contributed by atoms with Crippen LogP contribution >= 0.6 is 0 Å². The Balaban J connectivity index is 2.16. The van der Waals surface area contributed by atoms with E-state index in [4.69, 9.17) is 4.18 Å². The van der Waals surface area contributed by atoms with Crippen LogP contribution in [0.3, 0.4) is 0 Å². The van der Waals surface area contributed by atoms with Crippen LogP contribution in [0, 0.1) is 13.8 Å². The molecule has 1 fully saturated rings. The van der Waals surface area contributed by atoms with Gasteiger partial charge in [0.15, 0.2) is 9.84 Å². The summed E-state index contributed by atoms with van der Waals surface area (Å²) < 4.78 is 52.3. The molecule has 0 spiro atoms. The first-order chi connectivity index (χ1) is 9.20. The van der Waals surface area contributed by atoms with E-state index in [-0.39, 0.29) is 29.2 Å². The fourth-order valence-corrected chi connectivity index (χ4v) is 5.07. The fraction of sp³-hybridized carbons (Fsp3) is 0.538. The molecule has 0 unspecified atom stereocenters. The minimum Gasteiger partial charge on any atom is -0.263 e. The van der Waals surface area contributed by atoms with Gasteiger partial charge in [-0.2, -0.15) is 8.42 Å². The van der Waals surface area contributed by atoms with Crippen molar-refractivity contribution in [3.63, 3.8) is 0 Å². The summed E-state index contributed by atoms with van der Waals surface area (Å²) in [5, 5.41) is 0. The molecule has 0 saturated carbocycles. The van der Waals surface area contributed by atoms with Gasteiger partial charge in [-0.3, -0.25) is 4.18 Å². The molecule has 1 aliphatic rings. The second kappa shape index (κ2) is 5.46. The minimum absolute atomic E-state index is 0.0138. The Bertz CT molecular complexity index is 690. The number of hydrogen-bond acceptors (Lipinski definition) is 5. The predicted molar refractivity (Wildman–Crippen MR) is 75.9 cm³/mol. The van der Waals surface area contributed by atoms with Crippen molar-refractivity contribution in [2.45, 2.75) is 37.7 Å². The quantitative estimate of drug-likeness (QED) is 0.791. The molecule has 0 atom stereocenters. The molecule has 1 aliphatic heterocycles. The molecule has 0 bridgehead atoms. The third-order valence-corrected chi connectivity index (χ3v) is 6.60. The molecule has 0 N–H and O–H groups in total. The lowest BCUT2D eigenvalue weighted by molar-refractivity contribution is 0.197. The van der Waals surface area contributed by atoms with Gasteiger partial charge in [-0.05, 0) is 38.3 Å². The van der Waals surface area contributed by atoms with Crippen molar-refractivity contribution in [3.8, 4) is 0 Å². The summed E-state index contributed by atoms with van der Waals surface area (Å²) in [4.78, 5) is 0.150. The summed E-state index contributed by atoms with van der Waals surface area (Å²) in [7, 11) is -6.86. The Morgan fingerprint density at radius 3 is 2.30 bits per heavy atom. The Morgan fingerprint density at radius 2 is 1.75 bits per heavy atom. The Labute approximate surface area is 120 Å². The molecular formula is C13H18O5S2. The van der Waals surface area contributed by atoms with Crippen molar-refractivity contribution in [1.82, 2.24) is 0 Å². The first-order valence-corrected chi connectivity index (χ1v) is 9.63. The van der Waals surface area contributed by atoms with E-state index in [9.17, 15) is 16.8 Å². The summed E-state index contributed by atoms with van der Waals surface area (Å²) in [6.07, 6.45) is -0.0944. The van der Waals surface area contributed by atoms with Crippen molar-refractivity contribution < 1.29 is 21.0 Å². The van der Waals surface area contributed by atoms with E-state index in [1.807, 2.05) is 6.92 Å². The van der Waals surface area contributed by atoms with Crippen molar-refractivity contribution in [2.75, 3.05) is 11.5 Å². The molecule has 1 aromatic rings. The SMILES string of the molecule is Cc1ccc(S(=O)(=O)OC2CCS(=O)(=O)CC2)c(C)c1. The molecule has 0 aromatic heterocycles. The van der Waals surface area contributed by atoms with Crippen LogP contribution in [0.5, 0.6) is 0 Å². The molecule has 112 valence electrons. The molecule has 1 heterocycles. The van der Waals surface area contributed by atoms with Crippen molar-refractivity contribution in [1.29, 1.82) is 0 Å². The van der Waals surface area contributed by atoms with Gasteiger partial charge in [-0.25, -0.2) is 8.42 Å². The fourth-order valence-electron chi connectivity index (χ4n) is 2.28. The van der Waals surface area contributed by atoms with E-state index < -0.39 is 26.1 Å². The van der Waals surface area contributed by atoms with Gasteiger partial charge in [0.05, 0.1) is 22.5 Å². The van der Waals surface area contributed by atoms with Gasteiger partial charge >= 0.3 is 0 Å². The van der Waals surface area contributed by atoms with E-state index in [0.717, 1.165) is 5.56 Å². The highest BCUT2D eigenvalue weighted by Gasteiger charge is 2.29. The van der Waals surface area contributed by atoms with Gasteiger partial charge in [0.1, 0.15) is 0 Å². The van der Waals surface area contributed by atoms with E-state index in [2.05, 4.69) is 0 Å². The van der Waals surface area contributed by atoms with Gasteiger partial charge in [-0.1, -0.05) is 17.7 Å². The Kier molecular flexibility index (Phi) is 4.22. The van der Waals surface area contributed by atoms with E-state index in [0.29, 0.717) is 5.56 Å². The molecular weight excluding hydrogens is 300 g/mol. The number of sulfone groups is 1. The molecule has 7 heteroatoms. The smallest absolute Gasteiger partial charge is 0.263 e. The maximum absolute atomic E-state index is 12.2.